The van der Waals surface area contributed by atoms with E-state index >= 15 is 0 Å². The first-order chi connectivity index (χ1) is 9.47. The second-order valence-corrected chi connectivity index (χ2v) is 5.69. The highest BCUT2D eigenvalue weighted by atomic mass is 16.5. The fourth-order valence-corrected chi connectivity index (χ4v) is 2.63. The molecule has 2 aromatic rings. The van der Waals surface area contributed by atoms with Gasteiger partial charge in [0.05, 0.1) is 11.7 Å². The summed E-state index contributed by atoms with van der Waals surface area (Å²) < 4.78 is 7.57. The molecule has 0 radical (unpaired) electrons. The smallest absolute Gasteiger partial charge is 0.250 e. The average molecular weight is 270 g/mol. The number of aryl methyl sites for hydroxylation is 1. The van der Waals surface area contributed by atoms with E-state index in [4.69, 9.17) is 4.74 Å². The van der Waals surface area contributed by atoms with Crippen LogP contribution in [0.2, 0.25) is 0 Å². The van der Waals surface area contributed by atoms with Gasteiger partial charge < -0.3 is 14.6 Å². The Morgan fingerprint density at radius 2 is 1.95 bits per heavy atom. The summed E-state index contributed by atoms with van der Waals surface area (Å²) in [5.41, 5.74) is 1.70. The van der Waals surface area contributed by atoms with Gasteiger partial charge in [0.1, 0.15) is 11.4 Å². The molecule has 4 heteroatoms. The third-order valence-corrected chi connectivity index (χ3v) is 3.70. The Labute approximate surface area is 118 Å². The van der Waals surface area contributed by atoms with Crippen molar-refractivity contribution in [3.8, 4) is 5.75 Å². The van der Waals surface area contributed by atoms with Gasteiger partial charge in [-0.2, -0.15) is 0 Å². The van der Waals surface area contributed by atoms with Crippen LogP contribution in [0.25, 0.3) is 0 Å². The number of benzene rings is 1. The van der Waals surface area contributed by atoms with Gasteiger partial charge in [-0.15, -0.1) is 0 Å². The zero-order valence-corrected chi connectivity index (χ0v) is 11.9. The van der Waals surface area contributed by atoms with Crippen molar-refractivity contribution in [2.24, 2.45) is 7.05 Å². The molecule has 0 bridgehead atoms. The van der Waals surface area contributed by atoms with E-state index in [9.17, 15) is 4.79 Å². The summed E-state index contributed by atoms with van der Waals surface area (Å²) in [7, 11) is 1.75. The lowest BCUT2D eigenvalue weighted by Crippen LogP contribution is -2.35. The molecule has 0 saturated heterocycles. The van der Waals surface area contributed by atoms with Crippen LogP contribution < -0.4 is 15.6 Å². The predicted molar refractivity (Wildman–Crippen MR) is 79.2 cm³/mol. The predicted octanol–water partition coefficient (Wildman–Crippen LogP) is 2.71. The van der Waals surface area contributed by atoms with E-state index in [1.807, 2.05) is 18.2 Å². The summed E-state index contributed by atoms with van der Waals surface area (Å²) in [5, 5.41) is 3.47. The largest absolute Gasteiger partial charge is 0.485 e. The number of nitrogens with one attached hydrogen (secondary N) is 1. The summed E-state index contributed by atoms with van der Waals surface area (Å²) in [6, 6.07) is 11.5. The SMILES string of the molecule is Cn1cc(NC2c3ccccc3OC2(C)C)ccc1=O. The van der Waals surface area contributed by atoms with E-state index in [0.29, 0.717) is 0 Å². The van der Waals surface area contributed by atoms with Crippen molar-refractivity contribution in [2.75, 3.05) is 5.32 Å². The van der Waals surface area contributed by atoms with Crippen molar-refractivity contribution in [1.29, 1.82) is 0 Å². The van der Waals surface area contributed by atoms with Crippen LogP contribution in [-0.2, 0) is 7.05 Å². The number of rotatable bonds is 2. The molecule has 1 aromatic carbocycles. The zero-order chi connectivity index (χ0) is 14.3. The third-order valence-electron chi connectivity index (χ3n) is 3.70. The van der Waals surface area contributed by atoms with Crippen LogP contribution >= 0.6 is 0 Å². The topological polar surface area (TPSA) is 43.3 Å². The van der Waals surface area contributed by atoms with Crippen LogP contribution in [0.5, 0.6) is 5.75 Å². The molecule has 3 rings (SSSR count). The maximum atomic E-state index is 11.4. The zero-order valence-electron chi connectivity index (χ0n) is 11.9. The molecule has 0 aliphatic carbocycles. The minimum absolute atomic E-state index is 0.0158. The summed E-state index contributed by atoms with van der Waals surface area (Å²) >= 11 is 0. The van der Waals surface area contributed by atoms with Crippen molar-refractivity contribution < 1.29 is 4.74 Å². The minimum atomic E-state index is -0.335. The summed E-state index contributed by atoms with van der Waals surface area (Å²) in [4.78, 5) is 11.4. The van der Waals surface area contributed by atoms with Crippen molar-refractivity contribution >= 4 is 5.69 Å². The molecule has 4 nitrogen and oxygen atoms in total. The van der Waals surface area contributed by atoms with Gasteiger partial charge in [-0.05, 0) is 26.0 Å². The molecule has 0 fully saturated rings. The highest BCUT2D eigenvalue weighted by Gasteiger charge is 2.40. The minimum Gasteiger partial charge on any atom is -0.485 e. The maximum absolute atomic E-state index is 11.4. The number of aromatic nitrogens is 1. The van der Waals surface area contributed by atoms with E-state index < -0.39 is 0 Å². The molecular weight excluding hydrogens is 252 g/mol. The van der Waals surface area contributed by atoms with Crippen molar-refractivity contribution in [3.05, 3.63) is 58.5 Å². The molecule has 20 heavy (non-hydrogen) atoms. The van der Waals surface area contributed by atoms with Crippen molar-refractivity contribution in [2.45, 2.75) is 25.5 Å². The van der Waals surface area contributed by atoms with Crippen molar-refractivity contribution in [1.82, 2.24) is 4.57 Å². The number of para-hydroxylation sites is 1. The quantitative estimate of drug-likeness (QED) is 0.912. The lowest BCUT2D eigenvalue weighted by Gasteiger charge is -2.28. The number of hydrogen-bond acceptors (Lipinski definition) is 3. The molecule has 1 aliphatic rings. The maximum Gasteiger partial charge on any atom is 0.250 e. The Balaban J connectivity index is 1.96. The first kappa shape index (κ1) is 12.8. The molecule has 1 aromatic heterocycles. The van der Waals surface area contributed by atoms with Gasteiger partial charge in [0.2, 0.25) is 5.56 Å². The van der Waals surface area contributed by atoms with Gasteiger partial charge in [-0.3, -0.25) is 4.79 Å². The Bertz CT molecular complexity index is 704. The van der Waals surface area contributed by atoms with Crippen LogP contribution in [-0.4, -0.2) is 10.2 Å². The lowest BCUT2D eigenvalue weighted by molar-refractivity contribution is 0.118. The molecule has 0 saturated carbocycles. The van der Waals surface area contributed by atoms with E-state index in [0.717, 1.165) is 17.0 Å². The van der Waals surface area contributed by atoms with Gasteiger partial charge >= 0.3 is 0 Å². The average Bonchev–Trinajstić information content (AvgIpc) is 2.65. The first-order valence-corrected chi connectivity index (χ1v) is 6.68. The fourth-order valence-electron chi connectivity index (χ4n) is 2.63. The van der Waals surface area contributed by atoms with E-state index in [1.165, 1.54) is 0 Å². The van der Waals surface area contributed by atoms with Gasteiger partial charge in [0.15, 0.2) is 0 Å². The number of pyridine rings is 1. The Hall–Kier alpha value is -2.23. The molecule has 0 amide bonds. The molecule has 0 spiro atoms. The molecule has 1 N–H and O–H groups in total. The Kier molecular flexibility index (Phi) is 2.82. The van der Waals surface area contributed by atoms with E-state index in [-0.39, 0.29) is 17.2 Å². The number of hydrogen-bond donors (Lipinski definition) is 1. The molecule has 104 valence electrons. The Morgan fingerprint density at radius 3 is 2.70 bits per heavy atom. The Morgan fingerprint density at radius 1 is 1.20 bits per heavy atom. The number of ether oxygens (including phenoxy) is 1. The van der Waals surface area contributed by atoms with Crippen LogP contribution in [0.3, 0.4) is 0 Å². The second-order valence-electron chi connectivity index (χ2n) is 5.69. The van der Waals surface area contributed by atoms with Crippen LogP contribution in [0.1, 0.15) is 25.5 Å². The molecule has 2 heterocycles. The number of anilines is 1. The molecular formula is C16H18N2O2. The summed E-state index contributed by atoms with van der Waals surface area (Å²) in [5.74, 6) is 0.917. The van der Waals surface area contributed by atoms with Gasteiger partial charge in [-0.1, -0.05) is 18.2 Å². The fraction of sp³-hybridized carbons (Fsp3) is 0.312. The van der Waals surface area contributed by atoms with Crippen molar-refractivity contribution in [3.63, 3.8) is 0 Å². The lowest BCUT2D eigenvalue weighted by atomic mass is 9.94. The number of fused-ring (bicyclic) bond motifs is 1. The van der Waals surface area contributed by atoms with Gasteiger partial charge in [0.25, 0.3) is 0 Å². The van der Waals surface area contributed by atoms with Crippen LogP contribution in [0, 0.1) is 0 Å². The van der Waals surface area contributed by atoms with Crippen LogP contribution in [0.15, 0.2) is 47.4 Å². The molecule has 1 aliphatic heterocycles. The van der Waals surface area contributed by atoms with E-state index in [2.05, 4.69) is 25.2 Å². The molecule has 1 unspecified atom stereocenters. The highest BCUT2D eigenvalue weighted by Crippen LogP contribution is 2.44. The second kappa shape index (κ2) is 4.40. The normalized spacial score (nSPS) is 19.2. The van der Waals surface area contributed by atoms with Gasteiger partial charge in [-0.25, -0.2) is 0 Å². The monoisotopic (exact) mass is 270 g/mol. The number of nitrogens with zero attached hydrogens (tertiary/aromatic N) is 1. The third kappa shape index (κ3) is 2.07. The molecule has 1 atom stereocenters. The first-order valence-electron chi connectivity index (χ1n) is 6.68. The van der Waals surface area contributed by atoms with Gasteiger partial charge in [0, 0.05) is 24.9 Å². The van der Waals surface area contributed by atoms with E-state index in [1.54, 1.807) is 29.9 Å². The standard InChI is InChI=1S/C16H18N2O2/c1-16(2)15(12-6-4-5-7-13(12)20-16)17-11-8-9-14(19)18(3)10-11/h4-10,15,17H,1-3H3. The summed E-state index contributed by atoms with van der Waals surface area (Å²) in [6.07, 6.45) is 1.80. The van der Waals surface area contributed by atoms with Crippen LogP contribution in [0.4, 0.5) is 5.69 Å². The highest BCUT2D eigenvalue weighted by molar-refractivity contribution is 5.50. The summed E-state index contributed by atoms with van der Waals surface area (Å²) in [6.45, 7) is 4.12.